The van der Waals surface area contributed by atoms with Gasteiger partial charge in [-0.1, -0.05) is 34.1 Å². The van der Waals surface area contributed by atoms with Gasteiger partial charge in [0, 0.05) is 16.9 Å². The molecule has 3 rings (SSSR count). The Kier molecular flexibility index (Phi) is 4.43. The minimum Gasteiger partial charge on any atom is -0.493 e. The minimum absolute atomic E-state index is 0.0477. The van der Waals surface area contributed by atoms with Crippen LogP contribution in [0, 0.1) is 11.7 Å². The van der Waals surface area contributed by atoms with Crippen molar-refractivity contribution in [3.8, 4) is 5.75 Å². The van der Waals surface area contributed by atoms with Crippen LogP contribution in [0.15, 0.2) is 46.9 Å². The molecule has 1 atom stereocenters. The van der Waals surface area contributed by atoms with Gasteiger partial charge in [-0.25, -0.2) is 4.39 Å². The van der Waals surface area contributed by atoms with Gasteiger partial charge in [0.15, 0.2) is 0 Å². The van der Waals surface area contributed by atoms with Gasteiger partial charge >= 0.3 is 0 Å². The third-order valence-electron chi connectivity index (χ3n) is 3.68. The second kappa shape index (κ2) is 6.48. The van der Waals surface area contributed by atoms with Crippen LogP contribution in [0.1, 0.15) is 15.9 Å². The SMILES string of the molecule is O=C(NCC1COc2ccccc2C1)c1cc(Br)ccc1F. The molecule has 0 radical (unpaired) electrons. The van der Waals surface area contributed by atoms with Gasteiger partial charge < -0.3 is 10.1 Å². The van der Waals surface area contributed by atoms with E-state index in [0.717, 1.165) is 17.7 Å². The van der Waals surface area contributed by atoms with Gasteiger partial charge in [0.05, 0.1) is 12.2 Å². The molecule has 5 heteroatoms. The highest BCUT2D eigenvalue weighted by Crippen LogP contribution is 2.26. The Bertz CT molecular complexity index is 705. The lowest BCUT2D eigenvalue weighted by atomic mass is 9.96. The number of carbonyl (C=O) groups is 1. The molecule has 22 heavy (non-hydrogen) atoms. The standard InChI is InChI=1S/C17H15BrFNO2/c18-13-5-6-15(19)14(8-13)17(21)20-9-11-7-12-3-1-2-4-16(12)22-10-11/h1-6,8,11H,7,9-10H2,(H,20,21). The molecule has 1 aliphatic heterocycles. The predicted octanol–water partition coefficient (Wildman–Crippen LogP) is 3.57. The van der Waals surface area contributed by atoms with Gasteiger partial charge in [-0.3, -0.25) is 4.79 Å². The van der Waals surface area contributed by atoms with Crippen LogP contribution in [0.3, 0.4) is 0 Å². The van der Waals surface area contributed by atoms with Crippen LogP contribution in [0.4, 0.5) is 4.39 Å². The first kappa shape index (κ1) is 15.0. The highest BCUT2D eigenvalue weighted by atomic mass is 79.9. The van der Waals surface area contributed by atoms with Gasteiger partial charge in [0.1, 0.15) is 11.6 Å². The van der Waals surface area contributed by atoms with Crippen molar-refractivity contribution in [3.05, 3.63) is 63.9 Å². The van der Waals surface area contributed by atoms with Crippen LogP contribution in [-0.4, -0.2) is 19.1 Å². The van der Waals surface area contributed by atoms with E-state index in [0.29, 0.717) is 17.6 Å². The molecule has 0 aromatic heterocycles. The molecule has 0 fully saturated rings. The van der Waals surface area contributed by atoms with E-state index >= 15 is 0 Å². The number of carbonyl (C=O) groups excluding carboxylic acids is 1. The number of nitrogens with one attached hydrogen (secondary N) is 1. The summed E-state index contributed by atoms with van der Waals surface area (Å²) in [7, 11) is 0. The van der Waals surface area contributed by atoms with Crippen LogP contribution in [0.25, 0.3) is 0 Å². The average Bonchev–Trinajstić information content (AvgIpc) is 2.54. The summed E-state index contributed by atoms with van der Waals surface area (Å²) in [6.07, 6.45) is 0.845. The average molecular weight is 364 g/mol. The molecule has 1 unspecified atom stereocenters. The van der Waals surface area contributed by atoms with E-state index in [1.54, 1.807) is 6.07 Å². The van der Waals surface area contributed by atoms with E-state index in [1.807, 2.05) is 24.3 Å². The molecule has 2 aromatic rings. The molecule has 1 heterocycles. The summed E-state index contributed by atoms with van der Waals surface area (Å²) in [6.45, 7) is 1.01. The molecule has 0 aliphatic carbocycles. The molecule has 1 aliphatic rings. The van der Waals surface area contributed by atoms with E-state index in [4.69, 9.17) is 4.74 Å². The summed E-state index contributed by atoms with van der Waals surface area (Å²) in [5, 5.41) is 2.79. The summed E-state index contributed by atoms with van der Waals surface area (Å²) in [4.78, 5) is 12.1. The Morgan fingerprint density at radius 3 is 3.00 bits per heavy atom. The second-order valence-corrected chi connectivity index (χ2v) is 6.24. The third-order valence-corrected chi connectivity index (χ3v) is 4.17. The zero-order chi connectivity index (χ0) is 15.5. The Hall–Kier alpha value is -1.88. The number of para-hydroxylation sites is 1. The molecule has 0 saturated heterocycles. The molecule has 114 valence electrons. The van der Waals surface area contributed by atoms with E-state index in [2.05, 4.69) is 21.2 Å². The summed E-state index contributed by atoms with van der Waals surface area (Å²) < 4.78 is 20.0. The number of amides is 1. The van der Waals surface area contributed by atoms with E-state index in [9.17, 15) is 9.18 Å². The normalized spacial score (nSPS) is 16.5. The third kappa shape index (κ3) is 3.30. The van der Waals surface area contributed by atoms with Crippen LogP contribution >= 0.6 is 15.9 Å². The summed E-state index contributed by atoms with van der Waals surface area (Å²) in [5.41, 5.74) is 1.19. The van der Waals surface area contributed by atoms with Crippen molar-refractivity contribution in [1.82, 2.24) is 5.32 Å². The van der Waals surface area contributed by atoms with Crippen LogP contribution in [-0.2, 0) is 6.42 Å². The Balaban J connectivity index is 1.61. The second-order valence-electron chi connectivity index (χ2n) is 5.32. The molecule has 3 nitrogen and oxygen atoms in total. The van der Waals surface area contributed by atoms with Crippen molar-refractivity contribution < 1.29 is 13.9 Å². The minimum atomic E-state index is -0.522. The Morgan fingerprint density at radius 1 is 1.32 bits per heavy atom. The largest absolute Gasteiger partial charge is 0.493 e. The number of ether oxygens (including phenoxy) is 1. The van der Waals surface area contributed by atoms with Crippen molar-refractivity contribution in [1.29, 1.82) is 0 Å². The maximum absolute atomic E-state index is 13.7. The number of hydrogen-bond acceptors (Lipinski definition) is 2. The molecule has 0 spiro atoms. The lowest BCUT2D eigenvalue weighted by Crippen LogP contribution is -2.35. The van der Waals surface area contributed by atoms with Crippen molar-refractivity contribution in [2.24, 2.45) is 5.92 Å². The van der Waals surface area contributed by atoms with Crippen LogP contribution < -0.4 is 10.1 Å². The number of fused-ring (bicyclic) bond motifs is 1. The van der Waals surface area contributed by atoms with Gasteiger partial charge in [-0.05, 0) is 36.2 Å². The number of benzene rings is 2. The van der Waals surface area contributed by atoms with Gasteiger partial charge in [-0.15, -0.1) is 0 Å². The fraction of sp³-hybridized carbons (Fsp3) is 0.235. The lowest BCUT2D eigenvalue weighted by molar-refractivity contribution is 0.0935. The first-order valence-corrected chi connectivity index (χ1v) is 7.87. The Morgan fingerprint density at radius 2 is 2.14 bits per heavy atom. The van der Waals surface area contributed by atoms with Crippen molar-refractivity contribution in [2.45, 2.75) is 6.42 Å². The van der Waals surface area contributed by atoms with Crippen molar-refractivity contribution >= 4 is 21.8 Å². The smallest absolute Gasteiger partial charge is 0.254 e. The molecule has 1 amide bonds. The number of hydrogen-bond donors (Lipinski definition) is 1. The molecule has 2 aromatic carbocycles. The molecule has 1 N–H and O–H groups in total. The van der Waals surface area contributed by atoms with E-state index < -0.39 is 11.7 Å². The fourth-order valence-electron chi connectivity index (χ4n) is 2.53. The number of rotatable bonds is 3. The van der Waals surface area contributed by atoms with Crippen LogP contribution in [0.2, 0.25) is 0 Å². The van der Waals surface area contributed by atoms with Gasteiger partial charge in [0.25, 0.3) is 5.91 Å². The first-order chi connectivity index (χ1) is 10.6. The lowest BCUT2D eigenvalue weighted by Gasteiger charge is -2.25. The maximum atomic E-state index is 13.7. The molecule has 0 bridgehead atoms. The van der Waals surface area contributed by atoms with Crippen molar-refractivity contribution in [2.75, 3.05) is 13.2 Å². The predicted molar refractivity (Wildman–Crippen MR) is 85.6 cm³/mol. The van der Waals surface area contributed by atoms with Gasteiger partial charge in [-0.2, -0.15) is 0 Å². The summed E-state index contributed by atoms with van der Waals surface area (Å²) >= 11 is 3.24. The summed E-state index contributed by atoms with van der Waals surface area (Å²) in [6, 6.07) is 12.2. The maximum Gasteiger partial charge on any atom is 0.254 e. The zero-order valence-corrected chi connectivity index (χ0v) is 13.4. The van der Waals surface area contributed by atoms with Gasteiger partial charge in [0.2, 0.25) is 0 Å². The Labute approximate surface area is 136 Å². The van der Waals surface area contributed by atoms with Crippen molar-refractivity contribution in [3.63, 3.8) is 0 Å². The number of halogens is 2. The quantitative estimate of drug-likeness (QED) is 0.905. The molecule has 0 saturated carbocycles. The highest BCUT2D eigenvalue weighted by molar-refractivity contribution is 9.10. The fourth-order valence-corrected chi connectivity index (χ4v) is 2.89. The summed E-state index contributed by atoms with van der Waals surface area (Å²) in [5.74, 6) is 0.167. The first-order valence-electron chi connectivity index (χ1n) is 7.07. The van der Waals surface area contributed by atoms with Crippen LogP contribution in [0.5, 0.6) is 5.75 Å². The zero-order valence-electron chi connectivity index (χ0n) is 11.8. The van der Waals surface area contributed by atoms with E-state index in [1.165, 1.54) is 12.1 Å². The van der Waals surface area contributed by atoms with E-state index in [-0.39, 0.29) is 11.5 Å². The topological polar surface area (TPSA) is 38.3 Å². The highest BCUT2D eigenvalue weighted by Gasteiger charge is 2.21. The monoisotopic (exact) mass is 363 g/mol. The molecular weight excluding hydrogens is 349 g/mol. The molecular formula is C17H15BrFNO2.